The number of ether oxygens (including phenoxy) is 3. The molecule has 2 rings (SSSR count). The molecule has 1 atom stereocenters. The van der Waals surface area contributed by atoms with E-state index in [-0.39, 0.29) is 37.9 Å². The standard InChI is InChI=1S/C38H56N2O7/c1-4-7-8-9-10-11-12-13-14-15-16-17-21-24-35(41)40-33-28-31(25-26-34(33)47-29-36(42)45-5-2)39-37(43)32(38(44)46-6-3)27-30-22-19-18-20-23-30/h18-20,22-23,25-26,28,32H,4-17,21,24,27,29H2,1-3H3,(H,39,43)(H,40,41). The molecule has 0 saturated carbocycles. The lowest BCUT2D eigenvalue weighted by Gasteiger charge is -2.17. The van der Waals surface area contributed by atoms with Crippen LogP contribution in [0.5, 0.6) is 5.75 Å². The average molecular weight is 653 g/mol. The van der Waals surface area contributed by atoms with E-state index in [1.54, 1.807) is 32.0 Å². The minimum atomic E-state index is -1.06. The van der Waals surface area contributed by atoms with Gasteiger partial charge in [0.2, 0.25) is 11.8 Å². The average Bonchev–Trinajstić information content (AvgIpc) is 3.06. The van der Waals surface area contributed by atoms with E-state index in [0.29, 0.717) is 17.8 Å². The summed E-state index contributed by atoms with van der Waals surface area (Å²) >= 11 is 0. The summed E-state index contributed by atoms with van der Waals surface area (Å²) in [6.07, 6.45) is 16.4. The van der Waals surface area contributed by atoms with Crippen molar-refractivity contribution in [2.75, 3.05) is 30.5 Å². The topological polar surface area (TPSA) is 120 Å². The molecule has 9 nitrogen and oxygen atoms in total. The van der Waals surface area contributed by atoms with Crippen LogP contribution in [-0.4, -0.2) is 43.6 Å². The number of esters is 2. The Morgan fingerprint density at radius 3 is 1.87 bits per heavy atom. The zero-order chi connectivity index (χ0) is 34.1. The van der Waals surface area contributed by atoms with Crippen molar-refractivity contribution in [2.24, 2.45) is 5.92 Å². The molecule has 47 heavy (non-hydrogen) atoms. The number of hydrogen-bond donors (Lipinski definition) is 2. The van der Waals surface area contributed by atoms with Crippen LogP contribution < -0.4 is 15.4 Å². The number of rotatable bonds is 25. The summed E-state index contributed by atoms with van der Waals surface area (Å²) in [5.74, 6) is -2.67. The first kappa shape index (κ1) is 39.3. The van der Waals surface area contributed by atoms with E-state index in [9.17, 15) is 19.2 Å². The Bertz CT molecular complexity index is 1200. The van der Waals surface area contributed by atoms with E-state index in [0.717, 1.165) is 24.8 Å². The van der Waals surface area contributed by atoms with Crippen LogP contribution >= 0.6 is 0 Å². The van der Waals surface area contributed by atoms with Gasteiger partial charge in [-0.15, -0.1) is 0 Å². The Labute approximate surface area is 281 Å². The van der Waals surface area contributed by atoms with Gasteiger partial charge in [-0.3, -0.25) is 14.4 Å². The molecule has 0 spiro atoms. The molecule has 0 saturated heterocycles. The first-order valence-electron chi connectivity index (χ1n) is 17.6. The van der Waals surface area contributed by atoms with Crippen molar-refractivity contribution in [3.05, 3.63) is 54.1 Å². The molecule has 0 fully saturated rings. The Hall–Kier alpha value is -3.88. The highest BCUT2D eigenvalue weighted by molar-refractivity contribution is 6.05. The third kappa shape index (κ3) is 17.0. The van der Waals surface area contributed by atoms with Crippen molar-refractivity contribution >= 4 is 35.1 Å². The van der Waals surface area contributed by atoms with Crippen molar-refractivity contribution in [3.8, 4) is 5.75 Å². The summed E-state index contributed by atoms with van der Waals surface area (Å²) in [5, 5.41) is 5.66. The zero-order valence-electron chi connectivity index (χ0n) is 28.8. The molecule has 2 amide bonds. The molecule has 260 valence electrons. The van der Waals surface area contributed by atoms with Gasteiger partial charge in [0, 0.05) is 12.1 Å². The van der Waals surface area contributed by atoms with Crippen LogP contribution in [0.25, 0.3) is 0 Å². The highest BCUT2D eigenvalue weighted by Gasteiger charge is 2.29. The quantitative estimate of drug-likeness (QED) is 0.0628. The van der Waals surface area contributed by atoms with E-state index >= 15 is 0 Å². The van der Waals surface area contributed by atoms with Crippen LogP contribution in [0.15, 0.2) is 48.5 Å². The molecule has 2 aromatic carbocycles. The smallest absolute Gasteiger partial charge is 0.344 e. The van der Waals surface area contributed by atoms with E-state index in [2.05, 4.69) is 17.6 Å². The minimum absolute atomic E-state index is 0.152. The van der Waals surface area contributed by atoms with Gasteiger partial charge in [0.1, 0.15) is 11.7 Å². The molecular formula is C38H56N2O7. The lowest BCUT2D eigenvalue weighted by atomic mass is 9.98. The Balaban J connectivity index is 1.94. The fourth-order valence-electron chi connectivity index (χ4n) is 5.29. The van der Waals surface area contributed by atoms with Crippen LogP contribution in [0, 0.1) is 5.92 Å². The van der Waals surface area contributed by atoms with Gasteiger partial charge in [-0.05, 0) is 50.5 Å². The highest BCUT2D eigenvalue weighted by Crippen LogP contribution is 2.29. The summed E-state index contributed by atoms with van der Waals surface area (Å²) in [7, 11) is 0. The maximum Gasteiger partial charge on any atom is 0.344 e. The van der Waals surface area contributed by atoms with Gasteiger partial charge in [0.25, 0.3) is 0 Å². The summed E-state index contributed by atoms with van der Waals surface area (Å²) in [5.41, 5.74) is 1.49. The number of anilines is 2. The highest BCUT2D eigenvalue weighted by atomic mass is 16.6. The predicted molar refractivity (Wildman–Crippen MR) is 186 cm³/mol. The van der Waals surface area contributed by atoms with Crippen molar-refractivity contribution in [3.63, 3.8) is 0 Å². The summed E-state index contributed by atoms with van der Waals surface area (Å²) in [4.78, 5) is 50.8. The Morgan fingerprint density at radius 1 is 0.681 bits per heavy atom. The third-order valence-electron chi connectivity index (χ3n) is 7.85. The number of amides is 2. The molecular weight excluding hydrogens is 596 g/mol. The van der Waals surface area contributed by atoms with Crippen molar-refractivity contribution in [1.29, 1.82) is 0 Å². The first-order valence-corrected chi connectivity index (χ1v) is 17.6. The summed E-state index contributed by atoms with van der Waals surface area (Å²) in [6, 6.07) is 14.0. The van der Waals surface area contributed by atoms with Crippen LogP contribution in [0.3, 0.4) is 0 Å². The number of carbonyl (C=O) groups excluding carboxylic acids is 4. The first-order chi connectivity index (χ1) is 22.9. The monoisotopic (exact) mass is 652 g/mol. The second-order valence-corrected chi connectivity index (χ2v) is 11.8. The van der Waals surface area contributed by atoms with E-state index in [4.69, 9.17) is 14.2 Å². The lowest BCUT2D eigenvalue weighted by molar-refractivity contribution is -0.151. The van der Waals surface area contributed by atoms with Gasteiger partial charge < -0.3 is 24.8 Å². The Morgan fingerprint density at radius 2 is 1.28 bits per heavy atom. The maximum atomic E-state index is 13.3. The zero-order valence-corrected chi connectivity index (χ0v) is 28.8. The number of hydrogen-bond acceptors (Lipinski definition) is 7. The van der Waals surface area contributed by atoms with Crippen molar-refractivity contribution in [2.45, 2.75) is 117 Å². The van der Waals surface area contributed by atoms with E-state index < -0.39 is 23.8 Å². The predicted octanol–water partition coefficient (Wildman–Crippen LogP) is 8.41. The van der Waals surface area contributed by atoms with Crippen LogP contribution in [-0.2, 0) is 35.1 Å². The Kier molecular flexibility index (Phi) is 20.3. The summed E-state index contributed by atoms with van der Waals surface area (Å²) in [6.45, 7) is 5.69. The fraction of sp³-hybridized carbons (Fsp3) is 0.579. The SMILES string of the molecule is CCCCCCCCCCCCCCCC(=O)Nc1cc(NC(=O)C(Cc2ccccc2)C(=O)OCC)ccc1OCC(=O)OCC. The number of benzene rings is 2. The maximum absolute atomic E-state index is 13.3. The van der Waals surface area contributed by atoms with Gasteiger partial charge in [-0.1, -0.05) is 114 Å². The van der Waals surface area contributed by atoms with Gasteiger partial charge in [-0.2, -0.15) is 0 Å². The van der Waals surface area contributed by atoms with Crippen LogP contribution in [0.1, 0.15) is 116 Å². The van der Waals surface area contributed by atoms with Gasteiger partial charge in [-0.25, -0.2) is 4.79 Å². The molecule has 0 bridgehead atoms. The molecule has 2 N–H and O–H groups in total. The fourth-order valence-corrected chi connectivity index (χ4v) is 5.29. The normalized spacial score (nSPS) is 11.4. The molecule has 9 heteroatoms. The molecule has 0 aromatic heterocycles. The van der Waals surface area contributed by atoms with Gasteiger partial charge in [0.15, 0.2) is 6.61 Å². The van der Waals surface area contributed by atoms with Crippen molar-refractivity contribution < 1.29 is 33.4 Å². The largest absolute Gasteiger partial charge is 0.480 e. The van der Waals surface area contributed by atoms with Gasteiger partial charge >= 0.3 is 11.9 Å². The van der Waals surface area contributed by atoms with Gasteiger partial charge in [0.05, 0.1) is 18.9 Å². The molecule has 1 unspecified atom stereocenters. The molecule has 0 aliphatic carbocycles. The second kappa shape index (κ2) is 24.3. The molecule has 0 aliphatic rings. The lowest BCUT2D eigenvalue weighted by Crippen LogP contribution is -2.33. The molecule has 2 aromatic rings. The van der Waals surface area contributed by atoms with Crippen LogP contribution in [0.4, 0.5) is 11.4 Å². The second-order valence-electron chi connectivity index (χ2n) is 11.8. The third-order valence-corrected chi connectivity index (χ3v) is 7.85. The molecule has 0 aliphatic heterocycles. The van der Waals surface area contributed by atoms with E-state index in [1.165, 1.54) is 64.2 Å². The summed E-state index contributed by atoms with van der Waals surface area (Å²) < 4.78 is 15.8. The molecule has 0 heterocycles. The van der Waals surface area contributed by atoms with Crippen LogP contribution in [0.2, 0.25) is 0 Å². The number of unbranched alkanes of at least 4 members (excludes halogenated alkanes) is 12. The minimum Gasteiger partial charge on any atom is -0.480 e. The molecule has 0 radical (unpaired) electrons. The van der Waals surface area contributed by atoms with Crippen molar-refractivity contribution in [1.82, 2.24) is 0 Å². The number of carbonyl (C=O) groups is 4. The number of nitrogens with one attached hydrogen (secondary N) is 2. The van der Waals surface area contributed by atoms with E-state index in [1.807, 2.05) is 30.3 Å².